The number of Topliss-reactive ketones (excluding diaryl/α,β-unsaturated/α-hetero) is 1. The number of hydrogen-bond acceptors (Lipinski definition) is 3. The van der Waals surface area contributed by atoms with E-state index in [0.29, 0.717) is 49.6 Å². The second kappa shape index (κ2) is 9.65. The van der Waals surface area contributed by atoms with Gasteiger partial charge in [-0.15, -0.1) is 0 Å². The smallest absolute Gasteiger partial charge is 0.253 e. The number of benzene rings is 2. The van der Waals surface area contributed by atoms with Crippen LogP contribution in [0.25, 0.3) is 0 Å². The first-order chi connectivity index (χ1) is 15.0. The van der Waals surface area contributed by atoms with Gasteiger partial charge in [-0.25, -0.2) is 0 Å². The van der Waals surface area contributed by atoms with Crippen LogP contribution < -0.4 is 0 Å². The summed E-state index contributed by atoms with van der Waals surface area (Å²) in [5.74, 6) is 0.0258. The summed E-state index contributed by atoms with van der Waals surface area (Å²) in [6, 6.07) is 16.3. The number of rotatable bonds is 4. The van der Waals surface area contributed by atoms with E-state index in [0.717, 1.165) is 18.4 Å². The second-order valence-electron chi connectivity index (χ2n) is 8.43. The number of hydrogen-bond donors (Lipinski definition) is 0. The number of piperidine rings is 2. The predicted molar refractivity (Wildman–Crippen MR) is 120 cm³/mol. The van der Waals surface area contributed by atoms with E-state index < -0.39 is 0 Å². The molecule has 162 valence electrons. The summed E-state index contributed by atoms with van der Waals surface area (Å²) in [4.78, 5) is 42.3. The van der Waals surface area contributed by atoms with Crippen LogP contribution in [-0.2, 0) is 4.79 Å². The van der Waals surface area contributed by atoms with Crippen molar-refractivity contribution in [1.82, 2.24) is 9.80 Å². The molecule has 0 aliphatic carbocycles. The van der Waals surface area contributed by atoms with Crippen molar-refractivity contribution in [2.24, 2.45) is 11.8 Å². The van der Waals surface area contributed by atoms with Gasteiger partial charge in [0.2, 0.25) is 5.91 Å². The van der Waals surface area contributed by atoms with E-state index in [-0.39, 0.29) is 29.4 Å². The molecule has 2 amide bonds. The monoisotopic (exact) mass is 438 g/mol. The van der Waals surface area contributed by atoms with E-state index in [4.69, 9.17) is 11.6 Å². The molecule has 2 aromatic rings. The van der Waals surface area contributed by atoms with Crippen LogP contribution in [0.5, 0.6) is 0 Å². The number of carbonyl (C=O) groups is 3. The molecule has 2 aliphatic rings. The lowest BCUT2D eigenvalue weighted by atomic mass is 9.88. The highest BCUT2D eigenvalue weighted by Crippen LogP contribution is 2.26. The summed E-state index contributed by atoms with van der Waals surface area (Å²) < 4.78 is 0. The van der Waals surface area contributed by atoms with Gasteiger partial charge >= 0.3 is 0 Å². The minimum Gasteiger partial charge on any atom is -0.342 e. The lowest BCUT2D eigenvalue weighted by Gasteiger charge is -2.37. The van der Waals surface area contributed by atoms with Gasteiger partial charge in [0.15, 0.2) is 5.78 Å². The maximum atomic E-state index is 13.1. The first kappa shape index (κ1) is 21.6. The van der Waals surface area contributed by atoms with Gasteiger partial charge in [-0.1, -0.05) is 41.9 Å². The molecule has 4 rings (SSSR count). The fourth-order valence-electron chi connectivity index (χ4n) is 4.60. The summed E-state index contributed by atoms with van der Waals surface area (Å²) >= 11 is 5.92. The van der Waals surface area contributed by atoms with Crippen LogP contribution in [0.15, 0.2) is 54.6 Å². The molecule has 0 aromatic heterocycles. The van der Waals surface area contributed by atoms with Gasteiger partial charge in [-0.2, -0.15) is 0 Å². The molecule has 2 heterocycles. The Bertz CT molecular complexity index is 937. The number of amides is 2. The summed E-state index contributed by atoms with van der Waals surface area (Å²) in [6.07, 6.45) is 3.00. The molecule has 1 unspecified atom stereocenters. The molecule has 2 saturated heterocycles. The van der Waals surface area contributed by atoms with Crippen LogP contribution in [-0.4, -0.2) is 53.6 Å². The van der Waals surface area contributed by atoms with Crippen molar-refractivity contribution in [3.63, 3.8) is 0 Å². The molecule has 0 N–H and O–H groups in total. The maximum Gasteiger partial charge on any atom is 0.253 e. The second-order valence-corrected chi connectivity index (χ2v) is 8.86. The fourth-order valence-corrected chi connectivity index (χ4v) is 4.72. The van der Waals surface area contributed by atoms with Crippen LogP contribution in [0.3, 0.4) is 0 Å². The van der Waals surface area contributed by atoms with Crippen molar-refractivity contribution in [3.05, 3.63) is 70.7 Å². The third-order valence-electron chi connectivity index (χ3n) is 6.38. The normalized spacial score (nSPS) is 19.8. The zero-order valence-corrected chi connectivity index (χ0v) is 18.3. The van der Waals surface area contributed by atoms with Crippen LogP contribution >= 0.6 is 11.6 Å². The number of likely N-dealkylation sites (tertiary alicyclic amines) is 2. The predicted octanol–water partition coefficient (Wildman–Crippen LogP) is 4.31. The summed E-state index contributed by atoms with van der Waals surface area (Å²) in [5.41, 5.74) is 1.34. The number of ketones is 1. The minimum atomic E-state index is -0.175. The van der Waals surface area contributed by atoms with Crippen molar-refractivity contribution >= 4 is 29.2 Å². The third-order valence-corrected chi connectivity index (χ3v) is 6.64. The molecule has 2 fully saturated rings. The molecule has 0 saturated carbocycles. The average Bonchev–Trinajstić information content (AvgIpc) is 2.84. The highest BCUT2D eigenvalue weighted by molar-refractivity contribution is 6.30. The van der Waals surface area contributed by atoms with E-state index in [1.165, 1.54) is 0 Å². The van der Waals surface area contributed by atoms with Crippen LogP contribution in [0.1, 0.15) is 46.4 Å². The quantitative estimate of drug-likeness (QED) is 0.668. The Balaban J connectivity index is 1.33. The molecule has 0 bridgehead atoms. The molecule has 6 heteroatoms. The number of nitrogens with zero attached hydrogens (tertiary/aromatic N) is 2. The van der Waals surface area contributed by atoms with Gasteiger partial charge in [0, 0.05) is 48.2 Å². The largest absolute Gasteiger partial charge is 0.342 e. The molecule has 31 heavy (non-hydrogen) atoms. The van der Waals surface area contributed by atoms with E-state index in [1.807, 2.05) is 35.2 Å². The Morgan fingerprint density at radius 3 is 2.10 bits per heavy atom. The number of carbonyl (C=O) groups excluding carboxylic acids is 3. The minimum absolute atomic E-state index is 0.0270. The molecule has 2 aliphatic heterocycles. The summed E-state index contributed by atoms with van der Waals surface area (Å²) in [7, 11) is 0. The molecular formula is C25H27ClN2O3. The topological polar surface area (TPSA) is 57.7 Å². The molecule has 2 aromatic carbocycles. The van der Waals surface area contributed by atoms with Crippen molar-refractivity contribution in [2.45, 2.75) is 25.7 Å². The molecular weight excluding hydrogens is 412 g/mol. The first-order valence-corrected chi connectivity index (χ1v) is 11.3. The Morgan fingerprint density at radius 1 is 0.742 bits per heavy atom. The lowest BCUT2D eigenvalue weighted by molar-refractivity contribution is -0.138. The average molecular weight is 439 g/mol. The third kappa shape index (κ3) is 4.99. The van der Waals surface area contributed by atoms with Crippen molar-refractivity contribution < 1.29 is 14.4 Å². The standard InChI is InChI=1S/C25H27ClN2O3/c26-22-10-8-20(9-11-22)24(30)28-14-4-7-21(17-28)25(31)27-15-12-19(13-16-27)23(29)18-5-2-1-3-6-18/h1-3,5-6,8-11,19,21H,4,7,12-17H2. The Hall–Kier alpha value is -2.66. The Morgan fingerprint density at radius 2 is 1.42 bits per heavy atom. The van der Waals surface area contributed by atoms with Gasteiger partial charge in [0.25, 0.3) is 5.91 Å². The van der Waals surface area contributed by atoms with Crippen molar-refractivity contribution in [3.8, 4) is 0 Å². The van der Waals surface area contributed by atoms with Gasteiger partial charge < -0.3 is 9.80 Å². The van der Waals surface area contributed by atoms with Crippen LogP contribution in [0.2, 0.25) is 5.02 Å². The van der Waals surface area contributed by atoms with Gasteiger partial charge in [0.1, 0.15) is 0 Å². The van der Waals surface area contributed by atoms with Gasteiger partial charge in [-0.05, 0) is 49.9 Å². The zero-order chi connectivity index (χ0) is 21.8. The summed E-state index contributed by atoms with van der Waals surface area (Å²) in [6.45, 7) is 2.31. The first-order valence-electron chi connectivity index (χ1n) is 11.0. The molecule has 1 atom stereocenters. The number of halogens is 1. The van der Waals surface area contributed by atoms with E-state index >= 15 is 0 Å². The Kier molecular flexibility index (Phi) is 6.71. The van der Waals surface area contributed by atoms with Gasteiger partial charge in [-0.3, -0.25) is 14.4 Å². The van der Waals surface area contributed by atoms with E-state index in [9.17, 15) is 14.4 Å². The fraction of sp³-hybridized carbons (Fsp3) is 0.400. The summed E-state index contributed by atoms with van der Waals surface area (Å²) in [5, 5.41) is 0.595. The maximum absolute atomic E-state index is 13.1. The van der Waals surface area contributed by atoms with Crippen molar-refractivity contribution in [1.29, 1.82) is 0 Å². The highest BCUT2D eigenvalue weighted by Gasteiger charge is 2.34. The zero-order valence-electron chi connectivity index (χ0n) is 17.5. The lowest BCUT2D eigenvalue weighted by Crippen LogP contribution is -2.49. The van der Waals surface area contributed by atoms with E-state index in [1.54, 1.807) is 29.2 Å². The molecule has 0 spiro atoms. The van der Waals surface area contributed by atoms with Gasteiger partial charge in [0.05, 0.1) is 5.92 Å². The van der Waals surface area contributed by atoms with E-state index in [2.05, 4.69) is 0 Å². The molecule has 5 nitrogen and oxygen atoms in total. The van der Waals surface area contributed by atoms with Crippen LogP contribution in [0, 0.1) is 11.8 Å². The van der Waals surface area contributed by atoms with Crippen LogP contribution in [0.4, 0.5) is 0 Å². The highest BCUT2D eigenvalue weighted by atomic mass is 35.5. The SMILES string of the molecule is O=C(c1ccccc1)C1CCN(C(=O)C2CCCN(C(=O)c3ccc(Cl)cc3)C2)CC1. The Labute approximate surface area is 188 Å². The van der Waals surface area contributed by atoms with Crippen molar-refractivity contribution in [2.75, 3.05) is 26.2 Å². The molecule has 0 radical (unpaired) electrons.